The molecule has 0 spiro atoms. The van der Waals surface area contributed by atoms with Crippen molar-refractivity contribution in [2.24, 2.45) is 11.0 Å². The first kappa shape index (κ1) is 31.9. The van der Waals surface area contributed by atoms with E-state index in [2.05, 4.69) is 22.1 Å². The second-order valence-electron chi connectivity index (χ2n) is 10.0. The van der Waals surface area contributed by atoms with Crippen LogP contribution >= 0.6 is 11.3 Å². The van der Waals surface area contributed by atoms with Crippen molar-refractivity contribution in [3.8, 4) is 0 Å². The predicted octanol–water partition coefficient (Wildman–Crippen LogP) is 6.88. The Morgan fingerprint density at radius 2 is 1.92 bits per heavy atom. The Kier molecular flexibility index (Phi) is 12.1. The molecule has 0 radical (unpaired) electrons. The number of nitrogens with one attached hydrogen (secondary N) is 1. The SMILES string of the molecule is C=C(F)/C=C\C(=C/C)C1=NNC(C2CCN(C(=O)OC(C)(C)C)CC2)=C(c2nc(CC(=O)O)cs2)CC1.CC. The number of allylic oxidation sites excluding steroid dienone is 7. The van der Waals surface area contributed by atoms with Crippen molar-refractivity contribution in [3.63, 3.8) is 0 Å². The Bertz CT molecular complexity index is 1150. The molecule has 2 N–H and O–H groups in total. The molecule has 2 aliphatic heterocycles. The summed E-state index contributed by atoms with van der Waals surface area (Å²) in [5, 5.41) is 16.4. The lowest BCUT2D eigenvalue weighted by atomic mass is 9.89. The normalized spacial score (nSPS) is 17.2. The average Bonchev–Trinajstić information content (AvgIpc) is 3.21. The molecule has 1 aromatic heterocycles. The highest BCUT2D eigenvalue weighted by atomic mass is 32.1. The molecule has 0 saturated carbocycles. The number of nitrogens with zero attached hydrogens (tertiary/aromatic N) is 3. The van der Waals surface area contributed by atoms with Gasteiger partial charge in [0.1, 0.15) is 16.4 Å². The van der Waals surface area contributed by atoms with Crippen molar-refractivity contribution in [2.75, 3.05) is 13.1 Å². The summed E-state index contributed by atoms with van der Waals surface area (Å²) in [5.74, 6) is -1.35. The van der Waals surface area contributed by atoms with E-state index in [1.807, 2.05) is 47.6 Å². The number of ether oxygens (including phenoxy) is 1. The van der Waals surface area contributed by atoms with Gasteiger partial charge in [0.2, 0.25) is 0 Å². The Labute approximate surface area is 235 Å². The lowest BCUT2D eigenvalue weighted by Crippen LogP contribution is -2.42. The number of carbonyl (C=O) groups excluding carboxylic acids is 1. The van der Waals surface area contributed by atoms with Gasteiger partial charge in [-0.15, -0.1) is 11.3 Å². The van der Waals surface area contributed by atoms with Crippen molar-refractivity contribution in [1.29, 1.82) is 0 Å². The smallest absolute Gasteiger partial charge is 0.410 e. The Morgan fingerprint density at radius 1 is 1.26 bits per heavy atom. The minimum Gasteiger partial charge on any atom is -0.481 e. The molecule has 3 rings (SSSR count). The minimum absolute atomic E-state index is 0.110. The van der Waals surface area contributed by atoms with Crippen molar-refractivity contribution in [2.45, 2.75) is 79.2 Å². The number of halogens is 1. The van der Waals surface area contributed by atoms with Crippen molar-refractivity contribution in [3.05, 3.63) is 58.0 Å². The Hall–Kier alpha value is -3.27. The number of carbonyl (C=O) groups is 2. The van der Waals surface area contributed by atoms with Gasteiger partial charge in [-0.2, -0.15) is 5.10 Å². The summed E-state index contributed by atoms with van der Waals surface area (Å²) in [4.78, 5) is 30.1. The van der Waals surface area contributed by atoms with Gasteiger partial charge in [-0.3, -0.25) is 10.2 Å². The molecule has 39 heavy (non-hydrogen) atoms. The van der Waals surface area contributed by atoms with E-state index in [-0.39, 0.29) is 18.4 Å². The summed E-state index contributed by atoms with van der Waals surface area (Å²) in [7, 11) is 0. The third kappa shape index (κ3) is 9.76. The molecular formula is C29H41FN4O4S. The third-order valence-electron chi connectivity index (χ3n) is 6.03. The Morgan fingerprint density at radius 3 is 2.49 bits per heavy atom. The zero-order chi connectivity index (χ0) is 29.2. The van der Waals surface area contributed by atoms with E-state index in [4.69, 9.17) is 4.74 Å². The minimum atomic E-state index is -0.927. The number of thiazole rings is 1. The van der Waals surface area contributed by atoms with E-state index in [0.29, 0.717) is 31.6 Å². The standard InChI is InChI=1S/C27H35FN4O4S.C2H6/c1-6-18(8-7-17(2)28)22-10-9-21(25-29-20(16-37-25)15-23(33)34)24(31-30-22)19-11-13-32(14-12-19)26(35)36-27(3,4)5;1-2/h6-8,16,19,31H,2,9-15H2,1,3-5H3,(H,33,34);1-2H3/b8-7-,18-6+;. The number of amides is 1. The number of aliphatic carboxylic acids is 1. The number of hydrogen-bond acceptors (Lipinski definition) is 7. The predicted molar refractivity (Wildman–Crippen MR) is 155 cm³/mol. The number of likely N-dealkylation sites (tertiary alicyclic amines) is 1. The van der Waals surface area contributed by atoms with Gasteiger partial charge in [0.05, 0.1) is 17.8 Å². The first-order chi connectivity index (χ1) is 18.5. The molecule has 0 aromatic carbocycles. The summed E-state index contributed by atoms with van der Waals surface area (Å²) < 4.78 is 18.8. The number of carboxylic acids is 1. The van der Waals surface area contributed by atoms with Gasteiger partial charge >= 0.3 is 12.1 Å². The van der Waals surface area contributed by atoms with Gasteiger partial charge in [0.15, 0.2) is 0 Å². The monoisotopic (exact) mass is 560 g/mol. The number of piperidine rings is 1. The van der Waals surface area contributed by atoms with E-state index in [9.17, 15) is 19.1 Å². The molecule has 1 fully saturated rings. The van der Waals surface area contributed by atoms with Gasteiger partial charge in [0.25, 0.3) is 0 Å². The third-order valence-corrected chi connectivity index (χ3v) is 6.98. The lowest BCUT2D eigenvalue weighted by molar-refractivity contribution is -0.136. The van der Waals surface area contributed by atoms with Gasteiger partial charge < -0.3 is 14.7 Å². The van der Waals surface area contributed by atoms with Crippen LogP contribution in [-0.4, -0.2) is 51.5 Å². The molecule has 3 heterocycles. The van der Waals surface area contributed by atoms with Crippen LogP contribution < -0.4 is 5.43 Å². The molecular weight excluding hydrogens is 519 g/mol. The van der Waals surface area contributed by atoms with E-state index in [1.54, 1.807) is 16.4 Å². The van der Waals surface area contributed by atoms with E-state index in [0.717, 1.165) is 40.4 Å². The van der Waals surface area contributed by atoms with Crippen LogP contribution in [0.4, 0.5) is 9.18 Å². The largest absolute Gasteiger partial charge is 0.481 e. The fraction of sp³-hybridized carbons (Fsp3) is 0.517. The number of carboxylic acid groups (broad SMARTS) is 1. The molecule has 1 saturated heterocycles. The molecule has 0 atom stereocenters. The van der Waals surface area contributed by atoms with Crippen LogP contribution in [0.3, 0.4) is 0 Å². The summed E-state index contributed by atoms with van der Waals surface area (Å²) in [5.41, 5.74) is 6.74. The van der Waals surface area contributed by atoms with Crippen LogP contribution in [0.25, 0.3) is 5.57 Å². The van der Waals surface area contributed by atoms with Gasteiger partial charge in [-0.25, -0.2) is 14.2 Å². The second kappa shape index (κ2) is 14.8. The molecule has 8 nitrogen and oxygen atoms in total. The fourth-order valence-electron chi connectivity index (χ4n) is 4.30. The molecule has 1 aromatic rings. The first-order valence-electron chi connectivity index (χ1n) is 13.4. The summed E-state index contributed by atoms with van der Waals surface area (Å²) in [6, 6.07) is 0. The van der Waals surface area contributed by atoms with Crippen LogP contribution in [0, 0.1) is 5.92 Å². The van der Waals surface area contributed by atoms with Gasteiger partial charge in [-0.1, -0.05) is 32.6 Å². The average molecular weight is 561 g/mol. The quantitative estimate of drug-likeness (QED) is 0.352. The van der Waals surface area contributed by atoms with Crippen LogP contribution in [0.5, 0.6) is 0 Å². The van der Waals surface area contributed by atoms with Crippen LogP contribution in [0.2, 0.25) is 0 Å². The zero-order valence-electron chi connectivity index (χ0n) is 23.8. The maximum atomic E-state index is 13.2. The number of hydrazone groups is 1. The highest BCUT2D eigenvalue weighted by Crippen LogP contribution is 2.35. The highest BCUT2D eigenvalue weighted by Gasteiger charge is 2.31. The molecule has 10 heteroatoms. The molecule has 0 bridgehead atoms. The molecule has 2 aliphatic rings. The fourth-order valence-corrected chi connectivity index (χ4v) is 5.20. The number of aromatic nitrogens is 1. The van der Waals surface area contributed by atoms with E-state index >= 15 is 0 Å². The van der Waals surface area contributed by atoms with E-state index in [1.165, 1.54) is 17.4 Å². The topological polar surface area (TPSA) is 104 Å². The summed E-state index contributed by atoms with van der Waals surface area (Å²) >= 11 is 1.42. The summed E-state index contributed by atoms with van der Waals surface area (Å²) in [6.45, 7) is 15.8. The Balaban J connectivity index is 0.00000260. The van der Waals surface area contributed by atoms with E-state index < -0.39 is 17.4 Å². The maximum absolute atomic E-state index is 13.2. The second-order valence-corrected chi connectivity index (χ2v) is 10.9. The first-order valence-corrected chi connectivity index (χ1v) is 14.2. The summed E-state index contributed by atoms with van der Waals surface area (Å²) in [6.07, 6.45) is 7.06. The van der Waals surface area contributed by atoms with Crippen LogP contribution in [0.1, 0.15) is 77.9 Å². The highest BCUT2D eigenvalue weighted by molar-refractivity contribution is 7.10. The van der Waals surface area contributed by atoms with Crippen molar-refractivity contribution < 1.29 is 23.8 Å². The zero-order valence-corrected chi connectivity index (χ0v) is 24.7. The molecule has 214 valence electrons. The number of hydrogen-bond donors (Lipinski definition) is 2. The van der Waals surface area contributed by atoms with Crippen LogP contribution in [0.15, 0.2) is 52.4 Å². The van der Waals surface area contributed by atoms with Gasteiger partial charge in [0, 0.05) is 35.7 Å². The maximum Gasteiger partial charge on any atom is 0.410 e. The number of rotatable bonds is 7. The van der Waals surface area contributed by atoms with Crippen LogP contribution in [-0.2, 0) is 16.0 Å². The molecule has 0 aliphatic carbocycles. The van der Waals surface area contributed by atoms with Crippen molar-refractivity contribution in [1.82, 2.24) is 15.3 Å². The lowest BCUT2D eigenvalue weighted by Gasteiger charge is -2.34. The molecule has 0 unspecified atom stereocenters. The molecule has 1 amide bonds. The van der Waals surface area contributed by atoms with Crippen molar-refractivity contribution >= 4 is 34.7 Å². The van der Waals surface area contributed by atoms with Gasteiger partial charge in [-0.05, 0) is 65.0 Å².